The molecule has 2 N–H and O–H groups in total. The smallest absolute Gasteiger partial charge is 0.410 e. The average Bonchev–Trinajstić information content (AvgIpc) is 3.00. The minimum absolute atomic E-state index is 0.231. The molecule has 1 saturated heterocycles. The molecule has 1 aliphatic heterocycles. The molecule has 1 heterocycles. The van der Waals surface area contributed by atoms with E-state index in [-0.39, 0.29) is 12.2 Å². The molecule has 0 saturated carbocycles. The van der Waals surface area contributed by atoms with Crippen molar-refractivity contribution >= 4 is 12.1 Å². The van der Waals surface area contributed by atoms with Crippen molar-refractivity contribution in [2.45, 2.75) is 59.2 Å². The SMILES string of the molecule is CCNC(=NCC1CCCO1)NCCN(CC)C(=O)OC(C)(C)C. The maximum Gasteiger partial charge on any atom is 0.410 e. The number of nitrogens with zero attached hydrogens (tertiary/aromatic N) is 2. The predicted octanol–water partition coefficient (Wildman–Crippen LogP) is 1.98. The van der Waals surface area contributed by atoms with Crippen LogP contribution in [0, 0.1) is 0 Å². The molecule has 1 aliphatic rings. The third kappa shape index (κ3) is 8.38. The molecule has 0 spiro atoms. The minimum Gasteiger partial charge on any atom is -0.444 e. The van der Waals surface area contributed by atoms with Crippen LogP contribution < -0.4 is 10.6 Å². The molecule has 0 aromatic carbocycles. The van der Waals surface area contributed by atoms with Crippen LogP contribution in [0.25, 0.3) is 0 Å². The van der Waals surface area contributed by atoms with E-state index in [9.17, 15) is 4.79 Å². The Bertz CT molecular complexity index is 401. The van der Waals surface area contributed by atoms with Gasteiger partial charge in [0.25, 0.3) is 0 Å². The molecule has 140 valence electrons. The fraction of sp³-hybridized carbons (Fsp3) is 0.882. The lowest BCUT2D eigenvalue weighted by Gasteiger charge is -2.26. The molecule has 0 bridgehead atoms. The Kier molecular flexibility index (Phi) is 8.89. The summed E-state index contributed by atoms with van der Waals surface area (Å²) in [5.74, 6) is 0.758. The molecule has 0 aromatic heterocycles. The molecule has 1 rings (SSSR count). The van der Waals surface area contributed by atoms with Gasteiger partial charge >= 0.3 is 6.09 Å². The Labute approximate surface area is 146 Å². The molecule has 24 heavy (non-hydrogen) atoms. The molecule has 1 atom stereocenters. The van der Waals surface area contributed by atoms with Crippen LogP contribution in [0.3, 0.4) is 0 Å². The molecular weight excluding hydrogens is 308 g/mol. The topological polar surface area (TPSA) is 75.2 Å². The lowest BCUT2D eigenvalue weighted by atomic mass is 10.2. The summed E-state index contributed by atoms with van der Waals surface area (Å²) in [5, 5.41) is 6.48. The van der Waals surface area contributed by atoms with E-state index in [4.69, 9.17) is 9.47 Å². The van der Waals surface area contributed by atoms with Gasteiger partial charge in [-0.2, -0.15) is 0 Å². The van der Waals surface area contributed by atoms with Crippen LogP contribution in [0.2, 0.25) is 0 Å². The van der Waals surface area contributed by atoms with Crippen LogP contribution in [0.15, 0.2) is 4.99 Å². The van der Waals surface area contributed by atoms with Gasteiger partial charge in [-0.1, -0.05) is 0 Å². The highest BCUT2D eigenvalue weighted by atomic mass is 16.6. The van der Waals surface area contributed by atoms with Crippen molar-refractivity contribution in [1.82, 2.24) is 15.5 Å². The molecule has 1 unspecified atom stereocenters. The van der Waals surface area contributed by atoms with Crippen LogP contribution in [0.1, 0.15) is 47.5 Å². The number of carbonyl (C=O) groups is 1. The Morgan fingerprint density at radius 1 is 1.33 bits per heavy atom. The van der Waals surface area contributed by atoms with E-state index in [0.29, 0.717) is 26.2 Å². The third-order valence-corrected chi connectivity index (χ3v) is 3.53. The fourth-order valence-electron chi connectivity index (χ4n) is 2.34. The fourth-order valence-corrected chi connectivity index (χ4v) is 2.34. The number of ether oxygens (including phenoxy) is 2. The molecule has 7 nitrogen and oxygen atoms in total. The summed E-state index contributed by atoms with van der Waals surface area (Å²) >= 11 is 0. The Balaban J connectivity index is 2.41. The maximum atomic E-state index is 12.1. The lowest BCUT2D eigenvalue weighted by molar-refractivity contribution is 0.0264. The number of carbonyl (C=O) groups excluding carboxylic acids is 1. The van der Waals surface area contributed by atoms with Gasteiger partial charge in [0.1, 0.15) is 5.60 Å². The molecule has 0 aromatic rings. The van der Waals surface area contributed by atoms with Gasteiger partial charge in [-0.3, -0.25) is 4.99 Å². The number of likely N-dealkylation sites (N-methyl/N-ethyl adjacent to an activating group) is 1. The summed E-state index contributed by atoms with van der Waals surface area (Å²) in [7, 11) is 0. The molecular formula is C17H34N4O3. The summed E-state index contributed by atoms with van der Waals surface area (Å²) < 4.78 is 11.0. The van der Waals surface area contributed by atoms with Gasteiger partial charge in [-0.25, -0.2) is 4.79 Å². The van der Waals surface area contributed by atoms with E-state index in [2.05, 4.69) is 15.6 Å². The van der Waals surface area contributed by atoms with Gasteiger partial charge in [0.05, 0.1) is 12.6 Å². The number of guanidine groups is 1. The predicted molar refractivity (Wildman–Crippen MR) is 96.4 cm³/mol. The summed E-state index contributed by atoms with van der Waals surface area (Å²) in [6.07, 6.45) is 2.14. The quantitative estimate of drug-likeness (QED) is 0.546. The lowest BCUT2D eigenvalue weighted by Crippen LogP contribution is -2.44. The molecule has 1 fully saturated rings. The van der Waals surface area contributed by atoms with Crippen molar-refractivity contribution in [3.63, 3.8) is 0 Å². The van der Waals surface area contributed by atoms with Crippen LogP contribution >= 0.6 is 0 Å². The van der Waals surface area contributed by atoms with Crippen molar-refractivity contribution in [2.24, 2.45) is 4.99 Å². The first kappa shape index (κ1) is 20.5. The van der Waals surface area contributed by atoms with E-state index < -0.39 is 5.60 Å². The second-order valence-corrected chi connectivity index (χ2v) is 6.84. The van der Waals surface area contributed by atoms with Crippen LogP contribution in [-0.4, -0.2) is 68.0 Å². The maximum absolute atomic E-state index is 12.1. The van der Waals surface area contributed by atoms with Crippen molar-refractivity contribution < 1.29 is 14.3 Å². The monoisotopic (exact) mass is 342 g/mol. The first-order chi connectivity index (χ1) is 11.4. The van der Waals surface area contributed by atoms with E-state index in [1.165, 1.54) is 0 Å². The highest BCUT2D eigenvalue weighted by molar-refractivity contribution is 5.79. The van der Waals surface area contributed by atoms with Crippen LogP contribution in [0.4, 0.5) is 4.79 Å². The number of hydrogen-bond donors (Lipinski definition) is 2. The minimum atomic E-state index is -0.477. The number of amides is 1. The number of nitrogens with one attached hydrogen (secondary N) is 2. The Morgan fingerprint density at radius 2 is 2.08 bits per heavy atom. The average molecular weight is 342 g/mol. The van der Waals surface area contributed by atoms with Crippen LogP contribution in [-0.2, 0) is 9.47 Å². The van der Waals surface area contributed by atoms with E-state index in [0.717, 1.165) is 32.0 Å². The summed E-state index contributed by atoms with van der Waals surface area (Å²) in [6, 6.07) is 0. The number of hydrogen-bond acceptors (Lipinski definition) is 4. The first-order valence-electron chi connectivity index (χ1n) is 8.97. The van der Waals surface area contributed by atoms with Gasteiger partial charge in [0.15, 0.2) is 5.96 Å². The molecule has 0 radical (unpaired) electrons. The van der Waals surface area contributed by atoms with Crippen molar-refractivity contribution in [1.29, 1.82) is 0 Å². The van der Waals surface area contributed by atoms with Gasteiger partial charge in [-0.05, 0) is 47.5 Å². The highest BCUT2D eigenvalue weighted by Crippen LogP contribution is 2.12. The van der Waals surface area contributed by atoms with E-state index in [1.54, 1.807) is 4.90 Å². The van der Waals surface area contributed by atoms with Crippen LogP contribution in [0.5, 0.6) is 0 Å². The van der Waals surface area contributed by atoms with E-state index >= 15 is 0 Å². The van der Waals surface area contributed by atoms with Crippen molar-refractivity contribution in [3.05, 3.63) is 0 Å². The van der Waals surface area contributed by atoms with Gasteiger partial charge < -0.3 is 25.0 Å². The summed E-state index contributed by atoms with van der Waals surface area (Å²) in [4.78, 5) is 18.3. The second-order valence-electron chi connectivity index (χ2n) is 6.84. The summed E-state index contributed by atoms with van der Waals surface area (Å²) in [6.45, 7) is 13.7. The van der Waals surface area contributed by atoms with Gasteiger partial charge in [0.2, 0.25) is 0 Å². The zero-order valence-electron chi connectivity index (χ0n) is 15.9. The summed E-state index contributed by atoms with van der Waals surface area (Å²) in [5.41, 5.74) is -0.477. The standard InChI is InChI=1S/C17H34N4O3/c1-6-18-15(20-13-14-9-8-12-23-14)19-10-11-21(7-2)16(22)24-17(3,4)5/h14H,6-13H2,1-5H3,(H2,18,19,20). The second kappa shape index (κ2) is 10.4. The molecule has 1 amide bonds. The van der Waals surface area contributed by atoms with Crippen molar-refractivity contribution in [2.75, 3.05) is 39.3 Å². The normalized spacial score (nSPS) is 18.4. The molecule has 0 aliphatic carbocycles. The largest absolute Gasteiger partial charge is 0.444 e. The third-order valence-electron chi connectivity index (χ3n) is 3.53. The first-order valence-corrected chi connectivity index (χ1v) is 8.97. The highest BCUT2D eigenvalue weighted by Gasteiger charge is 2.21. The number of rotatable bonds is 7. The Morgan fingerprint density at radius 3 is 2.62 bits per heavy atom. The van der Waals surface area contributed by atoms with E-state index in [1.807, 2.05) is 34.6 Å². The zero-order chi connectivity index (χ0) is 18.0. The molecule has 7 heteroatoms. The Hall–Kier alpha value is -1.50. The van der Waals surface area contributed by atoms with Crippen molar-refractivity contribution in [3.8, 4) is 0 Å². The number of aliphatic imine (C=N–C) groups is 1. The van der Waals surface area contributed by atoms with Gasteiger partial charge in [-0.15, -0.1) is 0 Å². The van der Waals surface area contributed by atoms with Gasteiger partial charge in [0, 0.05) is 32.8 Å². The zero-order valence-corrected chi connectivity index (χ0v) is 15.9.